The van der Waals surface area contributed by atoms with Crippen molar-refractivity contribution in [3.8, 4) is 0 Å². The Morgan fingerprint density at radius 2 is 2.31 bits per heavy atom. The molecule has 2 nitrogen and oxygen atoms in total. The van der Waals surface area contributed by atoms with Crippen LogP contribution in [-0.2, 0) is 0 Å². The highest BCUT2D eigenvalue weighted by Crippen LogP contribution is 2.25. The lowest BCUT2D eigenvalue weighted by atomic mass is 10.0. The van der Waals surface area contributed by atoms with Crippen LogP contribution in [0.4, 0.5) is 0 Å². The van der Waals surface area contributed by atoms with Crippen LogP contribution in [0.5, 0.6) is 0 Å². The normalized spacial score (nSPS) is 27.8. The fourth-order valence-electron chi connectivity index (χ4n) is 1.73. The first-order valence-corrected chi connectivity index (χ1v) is 4.82. The minimum atomic E-state index is -0.279. The van der Waals surface area contributed by atoms with Gasteiger partial charge in [0.2, 0.25) is 0 Å². The summed E-state index contributed by atoms with van der Waals surface area (Å²) in [4.78, 5) is 0. The number of rotatable bonds is 1. The van der Waals surface area contributed by atoms with Crippen molar-refractivity contribution in [2.45, 2.75) is 18.6 Å². The molecule has 70 valence electrons. The maximum Gasteiger partial charge on any atom is 0.0747 e. The Morgan fingerprint density at radius 3 is 2.92 bits per heavy atom. The largest absolute Gasteiger partial charge is 0.391 e. The predicted molar refractivity (Wildman–Crippen MR) is 52.8 cm³/mol. The third kappa shape index (κ3) is 1.85. The molecule has 1 saturated heterocycles. The molecule has 1 aromatic rings. The molecule has 0 spiro atoms. The van der Waals surface area contributed by atoms with Gasteiger partial charge in [0, 0.05) is 5.02 Å². The average molecular weight is 198 g/mol. The van der Waals surface area contributed by atoms with Gasteiger partial charge in [-0.2, -0.15) is 0 Å². The summed E-state index contributed by atoms with van der Waals surface area (Å²) in [5, 5.41) is 13.6. The van der Waals surface area contributed by atoms with Gasteiger partial charge in [-0.25, -0.2) is 0 Å². The van der Waals surface area contributed by atoms with Crippen LogP contribution in [0.1, 0.15) is 18.0 Å². The van der Waals surface area contributed by atoms with E-state index < -0.39 is 0 Å². The number of aliphatic hydroxyl groups excluding tert-OH is 1. The Morgan fingerprint density at radius 1 is 1.46 bits per heavy atom. The second kappa shape index (κ2) is 3.66. The fraction of sp³-hybridized carbons (Fsp3) is 0.400. The molecule has 13 heavy (non-hydrogen) atoms. The van der Waals surface area contributed by atoms with E-state index in [0.717, 1.165) is 23.6 Å². The molecule has 1 aromatic carbocycles. The summed E-state index contributed by atoms with van der Waals surface area (Å²) < 4.78 is 0. The van der Waals surface area contributed by atoms with Crippen LogP contribution >= 0.6 is 11.6 Å². The molecule has 2 rings (SSSR count). The lowest BCUT2D eigenvalue weighted by Crippen LogP contribution is -2.20. The van der Waals surface area contributed by atoms with Crippen molar-refractivity contribution in [2.75, 3.05) is 6.54 Å². The summed E-state index contributed by atoms with van der Waals surface area (Å²) in [7, 11) is 0. The topological polar surface area (TPSA) is 32.3 Å². The first kappa shape index (κ1) is 9.00. The van der Waals surface area contributed by atoms with E-state index in [2.05, 4.69) is 5.32 Å². The van der Waals surface area contributed by atoms with Crippen molar-refractivity contribution in [1.82, 2.24) is 5.32 Å². The Labute approximate surface area is 82.5 Å². The average Bonchev–Trinajstić information content (AvgIpc) is 2.51. The van der Waals surface area contributed by atoms with Crippen molar-refractivity contribution >= 4 is 11.6 Å². The molecule has 2 N–H and O–H groups in total. The summed E-state index contributed by atoms with van der Waals surface area (Å²) >= 11 is 5.86. The zero-order chi connectivity index (χ0) is 9.26. The summed E-state index contributed by atoms with van der Waals surface area (Å²) in [5.74, 6) is 0. The fourth-order valence-corrected chi connectivity index (χ4v) is 1.93. The van der Waals surface area contributed by atoms with Crippen molar-refractivity contribution in [1.29, 1.82) is 0 Å². The van der Waals surface area contributed by atoms with Crippen LogP contribution in [0.2, 0.25) is 5.02 Å². The second-order valence-corrected chi connectivity index (χ2v) is 3.78. The van der Waals surface area contributed by atoms with Gasteiger partial charge in [0.1, 0.15) is 0 Å². The van der Waals surface area contributed by atoms with Crippen LogP contribution in [-0.4, -0.2) is 17.8 Å². The van der Waals surface area contributed by atoms with Crippen LogP contribution in [0, 0.1) is 0 Å². The molecule has 0 saturated carbocycles. The van der Waals surface area contributed by atoms with Gasteiger partial charge in [-0.15, -0.1) is 0 Å². The molecule has 1 fully saturated rings. The van der Waals surface area contributed by atoms with E-state index in [1.54, 1.807) is 0 Å². The highest BCUT2D eigenvalue weighted by molar-refractivity contribution is 6.30. The van der Waals surface area contributed by atoms with Crippen LogP contribution in [0.3, 0.4) is 0 Å². The van der Waals surface area contributed by atoms with Gasteiger partial charge in [-0.05, 0) is 30.7 Å². The van der Waals surface area contributed by atoms with Crippen molar-refractivity contribution in [3.63, 3.8) is 0 Å². The zero-order valence-corrected chi connectivity index (χ0v) is 7.96. The Bertz CT molecular complexity index is 303. The lowest BCUT2D eigenvalue weighted by molar-refractivity contribution is 0.160. The van der Waals surface area contributed by atoms with E-state index in [1.165, 1.54) is 0 Å². The van der Waals surface area contributed by atoms with E-state index >= 15 is 0 Å². The van der Waals surface area contributed by atoms with Gasteiger partial charge in [-0.3, -0.25) is 0 Å². The maximum absolute atomic E-state index is 9.63. The summed E-state index contributed by atoms with van der Waals surface area (Å²) in [5.41, 5.74) is 1.07. The molecule has 3 heteroatoms. The van der Waals surface area contributed by atoms with E-state index in [-0.39, 0.29) is 12.1 Å². The molecule has 1 aliphatic heterocycles. The maximum atomic E-state index is 9.63. The van der Waals surface area contributed by atoms with Gasteiger partial charge in [0.05, 0.1) is 12.1 Å². The number of halogens is 1. The lowest BCUT2D eigenvalue weighted by Gasteiger charge is -2.14. The molecule has 1 aliphatic rings. The Kier molecular flexibility index (Phi) is 2.54. The highest BCUT2D eigenvalue weighted by atomic mass is 35.5. The molecule has 0 aromatic heterocycles. The van der Waals surface area contributed by atoms with E-state index in [4.69, 9.17) is 11.6 Å². The van der Waals surface area contributed by atoms with Crippen LogP contribution in [0.25, 0.3) is 0 Å². The molecule has 0 bridgehead atoms. The van der Waals surface area contributed by atoms with Gasteiger partial charge >= 0.3 is 0 Å². The third-order valence-corrected chi connectivity index (χ3v) is 2.63. The monoisotopic (exact) mass is 197 g/mol. The number of aliphatic hydroxyl groups is 1. The van der Waals surface area contributed by atoms with Gasteiger partial charge < -0.3 is 10.4 Å². The molecular weight excluding hydrogens is 186 g/mol. The number of hydrogen-bond acceptors (Lipinski definition) is 2. The summed E-state index contributed by atoms with van der Waals surface area (Å²) in [6, 6.07) is 7.68. The van der Waals surface area contributed by atoms with Crippen molar-refractivity contribution < 1.29 is 5.11 Å². The molecule has 2 atom stereocenters. The van der Waals surface area contributed by atoms with Gasteiger partial charge in [-0.1, -0.05) is 23.7 Å². The summed E-state index contributed by atoms with van der Waals surface area (Å²) in [6.07, 6.45) is 0.537. The Balaban J connectivity index is 2.24. The number of benzene rings is 1. The van der Waals surface area contributed by atoms with Crippen LogP contribution < -0.4 is 5.32 Å². The molecule has 1 heterocycles. The minimum absolute atomic E-state index is 0.0544. The zero-order valence-electron chi connectivity index (χ0n) is 7.20. The minimum Gasteiger partial charge on any atom is -0.391 e. The van der Waals surface area contributed by atoms with Gasteiger partial charge in [0.15, 0.2) is 0 Å². The quantitative estimate of drug-likeness (QED) is 0.719. The molecule has 0 aliphatic carbocycles. The van der Waals surface area contributed by atoms with E-state index in [1.807, 2.05) is 24.3 Å². The van der Waals surface area contributed by atoms with E-state index in [0.29, 0.717) is 0 Å². The van der Waals surface area contributed by atoms with Crippen molar-refractivity contribution in [3.05, 3.63) is 34.9 Å². The standard InChI is InChI=1S/C10H12ClNO/c11-8-3-1-2-7(6-8)10-9(13)4-5-12-10/h1-3,6,9-10,12-13H,4-5H2/t9-,10?/m0/s1. The molecule has 1 unspecified atom stereocenters. The smallest absolute Gasteiger partial charge is 0.0747 e. The molecular formula is C10H12ClNO. The van der Waals surface area contributed by atoms with E-state index in [9.17, 15) is 5.11 Å². The highest BCUT2D eigenvalue weighted by Gasteiger charge is 2.25. The third-order valence-electron chi connectivity index (χ3n) is 2.40. The number of hydrogen-bond donors (Lipinski definition) is 2. The first-order chi connectivity index (χ1) is 6.27. The summed E-state index contributed by atoms with van der Waals surface area (Å²) in [6.45, 7) is 0.873. The second-order valence-electron chi connectivity index (χ2n) is 3.34. The van der Waals surface area contributed by atoms with Crippen molar-refractivity contribution in [2.24, 2.45) is 0 Å². The first-order valence-electron chi connectivity index (χ1n) is 4.44. The molecule has 0 radical (unpaired) electrons. The predicted octanol–water partition coefficient (Wildman–Crippen LogP) is 1.74. The SMILES string of the molecule is O[C@H]1CCNC1c1cccc(Cl)c1. The van der Waals surface area contributed by atoms with Crippen LogP contribution in [0.15, 0.2) is 24.3 Å². The van der Waals surface area contributed by atoms with Gasteiger partial charge in [0.25, 0.3) is 0 Å². The molecule has 0 amide bonds. The number of nitrogens with one attached hydrogen (secondary N) is 1. The Hall–Kier alpha value is -0.570.